The van der Waals surface area contributed by atoms with Crippen LogP contribution in [0.5, 0.6) is 0 Å². The lowest BCUT2D eigenvalue weighted by Crippen LogP contribution is -2.37. The number of thiophene rings is 1. The van der Waals surface area contributed by atoms with E-state index < -0.39 is 0 Å². The van der Waals surface area contributed by atoms with Gasteiger partial charge in [-0.1, -0.05) is 39.0 Å². The number of rotatable bonds is 4. The van der Waals surface area contributed by atoms with Gasteiger partial charge in [0.15, 0.2) is 0 Å². The van der Waals surface area contributed by atoms with Crippen molar-refractivity contribution >= 4 is 27.2 Å². The Bertz CT molecular complexity index is 580. The van der Waals surface area contributed by atoms with Gasteiger partial charge in [-0.2, -0.15) is 0 Å². The van der Waals surface area contributed by atoms with E-state index in [2.05, 4.69) is 38.3 Å². The summed E-state index contributed by atoms with van der Waals surface area (Å²) in [7, 11) is 0. The first-order chi connectivity index (χ1) is 8.88. The van der Waals surface area contributed by atoms with Gasteiger partial charge in [0.2, 0.25) is 0 Å². The minimum atomic E-state index is -0.0788. The fraction of sp³-hybridized carbons (Fsp3) is 0.438. The Morgan fingerprint density at radius 2 is 2.00 bits per heavy atom. The van der Waals surface area contributed by atoms with E-state index in [0.29, 0.717) is 12.8 Å². The standard InChI is InChI=1S/C16H21NOS/c1-16(2,3)15(17)9-12(18)8-11-10-19-14-7-5-4-6-13(11)14/h4-7,10,15H,8-9,17H2,1-3H3. The van der Waals surface area contributed by atoms with Crippen LogP contribution in [0.25, 0.3) is 10.1 Å². The fourth-order valence-electron chi connectivity index (χ4n) is 2.01. The van der Waals surface area contributed by atoms with E-state index in [1.807, 2.05) is 12.1 Å². The second-order valence-corrected chi connectivity index (χ2v) is 7.06. The molecule has 2 rings (SSSR count). The van der Waals surface area contributed by atoms with Gasteiger partial charge in [0.25, 0.3) is 0 Å². The first-order valence-corrected chi connectivity index (χ1v) is 7.48. The van der Waals surface area contributed by atoms with Crippen molar-refractivity contribution in [3.63, 3.8) is 0 Å². The molecule has 19 heavy (non-hydrogen) atoms. The number of carbonyl (C=O) groups is 1. The van der Waals surface area contributed by atoms with Gasteiger partial charge >= 0.3 is 0 Å². The minimum Gasteiger partial charge on any atom is -0.327 e. The third-order valence-corrected chi connectivity index (χ3v) is 4.52. The maximum Gasteiger partial charge on any atom is 0.138 e. The molecule has 2 N–H and O–H groups in total. The summed E-state index contributed by atoms with van der Waals surface area (Å²) in [6.45, 7) is 6.22. The lowest BCUT2D eigenvalue weighted by molar-refractivity contribution is -0.119. The largest absolute Gasteiger partial charge is 0.327 e. The number of carbonyl (C=O) groups excluding carboxylic acids is 1. The molecular formula is C16H21NOS. The smallest absolute Gasteiger partial charge is 0.138 e. The van der Waals surface area contributed by atoms with Crippen LogP contribution >= 0.6 is 11.3 Å². The highest BCUT2D eigenvalue weighted by Gasteiger charge is 2.23. The second-order valence-electron chi connectivity index (χ2n) is 6.15. The van der Waals surface area contributed by atoms with Crippen LogP contribution in [0, 0.1) is 5.41 Å². The van der Waals surface area contributed by atoms with Crippen LogP contribution < -0.4 is 5.73 Å². The SMILES string of the molecule is CC(C)(C)C(N)CC(=O)Cc1csc2ccccc12. The van der Waals surface area contributed by atoms with Crippen molar-refractivity contribution in [2.75, 3.05) is 0 Å². The number of hydrogen-bond donors (Lipinski definition) is 1. The van der Waals surface area contributed by atoms with Crippen molar-refractivity contribution in [1.82, 2.24) is 0 Å². The van der Waals surface area contributed by atoms with Gasteiger partial charge in [0, 0.05) is 23.6 Å². The van der Waals surface area contributed by atoms with E-state index >= 15 is 0 Å². The Hall–Kier alpha value is -1.19. The van der Waals surface area contributed by atoms with E-state index in [1.54, 1.807) is 11.3 Å². The zero-order valence-corrected chi connectivity index (χ0v) is 12.6. The summed E-state index contributed by atoms with van der Waals surface area (Å²) in [6, 6.07) is 8.14. The van der Waals surface area contributed by atoms with Crippen molar-refractivity contribution in [3.8, 4) is 0 Å². The Labute approximate surface area is 118 Å². The number of ketones is 1. The summed E-state index contributed by atoms with van der Waals surface area (Å²) < 4.78 is 1.24. The number of fused-ring (bicyclic) bond motifs is 1. The highest BCUT2D eigenvalue weighted by molar-refractivity contribution is 7.17. The zero-order valence-electron chi connectivity index (χ0n) is 11.8. The van der Waals surface area contributed by atoms with Crippen molar-refractivity contribution in [2.24, 2.45) is 11.1 Å². The highest BCUT2D eigenvalue weighted by Crippen LogP contribution is 2.27. The zero-order chi connectivity index (χ0) is 14.0. The first kappa shape index (κ1) is 14.2. The van der Waals surface area contributed by atoms with Crippen molar-refractivity contribution < 1.29 is 4.79 Å². The predicted octanol–water partition coefficient (Wildman–Crippen LogP) is 3.78. The normalized spacial score (nSPS) is 13.7. The van der Waals surface area contributed by atoms with Gasteiger partial charge in [0.1, 0.15) is 5.78 Å². The van der Waals surface area contributed by atoms with Gasteiger partial charge in [-0.15, -0.1) is 11.3 Å². The lowest BCUT2D eigenvalue weighted by atomic mass is 9.84. The van der Waals surface area contributed by atoms with E-state index in [4.69, 9.17) is 5.73 Å². The fourth-order valence-corrected chi connectivity index (χ4v) is 2.97. The summed E-state index contributed by atoms with van der Waals surface area (Å²) in [5.41, 5.74) is 7.18. The lowest BCUT2D eigenvalue weighted by Gasteiger charge is -2.26. The first-order valence-electron chi connectivity index (χ1n) is 6.60. The third-order valence-electron chi connectivity index (χ3n) is 3.51. The van der Waals surface area contributed by atoms with Crippen molar-refractivity contribution in [3.05, 3.63) is 35.2 Å². The molecule has 0 fully saturated rings. The molecule has 0 aliphatic heterocycles. The maximum atomic E-state index is 12.1. The number of nitrogens with two attached hydrogens (primary N) is 1. The summed E-state index contributed by atoms with van der Waals surface area (Å²) >= 11 is 1.70. The Balaban J connectivity index is 2.07. The summed E-state index contributed by atoms with van der Waals surface area (Å²) in [5, 5.41) is 3.29. The molecule has 102 valence electrons. The molecule has 0 aliphatic rings. The summed E-state index contributed by atoms with van der Waals surface area (Å²) in [6.07, 6.45) is 0.946. The molecule has 3 heteroatoms. The Morgan fingerprint density at radius 3 is 2.68 bits per heavy atom. The molecule has 2 nitrogen and oxygen atoms in total. The van der Waals surface area contributed by atoms with E-state index in [-0.39, 0.29) is 17.2 Å². The van der Waals surface area contributed by atoms with E-state index in [1.165, 1.54) is 10.1 Å². The van der Waals surface area contributed by atoms with Crippen molar-refractivity contribution in [2.45, 2.75) is 39.7 Å². The van der Waals surface area contributed by atoms with E-state index in [9.17, 15) is 4.79 Å². The number of Topliss-reactive ketones (excluding diaryl/α,β-unsaturated/α-hetero) is 1. The minimum absolute atomic E-state index is 0.0215. The Kier molecular flexibility index (Phi) is 4.07. The Morgan fingerprint density at radius 1 is 1.32 bits per heavy atom. The molecule has 0 saturated carbocycles. The predicted molar refractivity (Wildman–Crippen MR) is 82.6 cm³/mol. The van der Waals surface area contributed by atoms with Gasteiger partial charge < -0.3 is 5.73 Å². The molecule has 1 unspecified atom stereocenters. The average molecular weight is 275 g/mol. The van der Waals surface area contributed by atoms with Crippen LogP contribution in [-0.2, 0) is 11.2 Å². The van der Waals surface area contributed by atoms with Gasteiger partial charge in [0.05, 0.1) is 0 Å². The monoisotopic (exact) mass is 275 g/mol. The van der Waals surface area contributed by atoms with Crippen molar-refractivity contribution in [1.29, 1.82) is 0 Å². The molecule has 0 bridgehead atoms. The van der Waals surface area contributed by atoms with Crippen LogP contribution in [0.15, 0.2) is 29.6 Å². The number of benzene rings is 1. The average Bonchev–Trinajstić information content (AvgIpc) is 2.71. The van der Waals surface area contributed by atoms with Crippen LogP contribution in [0.1, 0.15) is 32.8 Å². The topological polar surface area (TPSA) is 43.1 Å². The molecule has 2 aromatic rings. The molecule has 1 atom stereocenters. The molecular weight excluding hydrogens is 254 g/mol. The van der Waals surface area contributed by atoms with Crippen LogP contribution in [-0.4, -0.2) is 11.8 Å². The van der Waals surface area contributed by atoms with Crippen LogP contribution in [0.4, 0.5) is 0 Å². The molecule has 0 spiro atoms. The number of hydrogen-bond acceptors (Lipinski definition) is 3. The molecule has 0 saturated heterocycles. The second kappa shape index (κ2) is 5.43. The van der Waals surface area contributed by atoms with Crippen LogP contribution in [0.2, 0.25) is 0 Å². The maximum absolute atomic E-state index is 12.1. The molecule has 0 aliphatic carbocycles. The van der Waals surface area contributed by atoms with Crippen LogP contribution in [0.3, 0.4) is 0 Å². The van der Waals surface area contributed by atoms with E-state index in [0.717, 1.165) is 5.56 Å². The van der Waals surface area contributed by atoms with Gasteiger partial charge in [-0.3, -0.25) is 4.79 Å². The molecule has 0 amide bonds. The quantitative estimate of drug-likeness (QED) is 0.923. The summed E-state index contributed by atoms with van der Waals surface area (Å²) in [4.78, 5) is 12.1. The molecule has 0 radical (unpaired) electrons. The molecule has 1 aromatic carbocycles. The third kappa shape index (κ3) is 3.43. The van der Waals surface area contributed by atoms with Gasteiger partial charge in [-0.25, -0.2) is 0 Å². The molecule has 1 aromatic heterocycles. The highest BCUT2D eigenvalue weighted by atomic mass is 32.1. The molecule has 1 heterocycles. The van der Waals surface area contributed by atoms with Gasteiger partial charge in [-0.05, 0) is 27.8 Å². The summed E-state index contributed by atoms with van der Waals surface area (Å²) in [5.74, 6) is 0.228.